The van der Waals surface area contributed by atoms with E-state index in [0.29, 0.717) is 12.0 Å². The van der Waals surface area contributed by atoms with Gasteiger partial charge in [0, 0.05) is 6.04 Å². The van der Waals surface area contributed by atoms with Crippen LogP contribution in [-0.4, -0.2) is 6.04 Å². The van der Waals surface area contributed by atoms with Gasteiger partial charge in [-0.1, -0.05) is 32.8 Å². The van der Waals surface area contributed by atoms with Crippen molar-refractivity contribution in [2.45, 2.75) is 46.1 Å². The fraction of sp³-hybridized carbons (Fsp3) is 0.562. The topological polar surface area (TPSA) is 35.8 Å². The lowest BCUT2D eigenvalue weighted by molar-refractivity contribution is 0.253. The molecular weight excluding hydrogens is 220 g/mol. The molecule has 1 aromatic rings. The minimum absolute atomic E-state index is 0.503. The highest BCUT2D eigenvalue weighted by Crippen LogP contribution is 2.32. The summed E-state index contributed by atoms with van der Waals surface area (Å²) in [7, 11) is 0. The van der Waals surface area contributed by atoms with Gasteiger partial charge in [-0.25, -0.2) is 0 Å². The van der Waals surface area contributed by atoms with Gasteiger partial charge in [-0.3, -0.25) is 0 Å². The third-order valence-corrected chi connectivity index (χ3v) is 4.34. The maximum Gasteiger partial charge on any atom is 0.101 e. The van der Waals surface area contributed by atoms with Gasteiger partial charge in [0.2, 0.25) is 0 Å². The van der Waals surface area contributed by atoms with Crippen LogP contribution in [-0.2, 0) is 0 Å². The normalized spacial score (nSPS) is 27.6. The van der Waals surface area contributed by atoms with E-state index in [2.05, 4.69) is 31.3 Å². The Bertz CT molecular complexity index is 459. The molecule has 1 saturated carbocycles. The minimum Gasteiger partial charge on any atom is -0.381 e. The number of hydrogen-bond acceptors (Lipinski definition) is 2. The highest BCUT2D eigenvalue weighted by Gasteiger charge is 2.27. The van der Waals surface area contributed by atoms with Crippen molar-refractivity contribution in [3.63, 3.8) is 0 Å². The van der Waals surface area contributed by atoms with Crippen molar-refractivity contribution in [1.29, 1.82) is 5.26 Å². The molecule has 2 nitrogen and oxygen atoms in total. The van der Waals surface area contributed by atoms with Gasteiger partial charge in [-0.15, -0.1) is 0 Å². The van der Waals surface area contributed by atoms with Crippen LogP contribution >= 0.6 is 0 Å². The van der Waals surface area contributed by atoms with Gasteiger partial charge in [0.05, 0.1) is 11.3 Å². The van der Waals surface area contributed by atoms with Crippen LogP contribution in [0.2, 0.25) is 0 Å². The first-order chi connectivity index (χ1) is 8.61. The number of nitrogens with zero attached hydrogens (tertiary/aromatic N) is 1. The molecule has 0 spiro atoms. The summed E-state index contributed by atoms with van der Waals surface area (Å²) in [6.45, 7) is 6.68. The molecule has 2 heteroatoms. The van der Waals surface area contributed by atoms with Crippen LogP contribution in [0.5, 0.6) is 0 Å². The van der Waals surface area contributed by atoms with E-state index >= 15 is 0 Å². The molecule has 1 fully saturated rings. The minimum atomic E-state index is 0.503. The van der Waals surface area contributed by atoms with Crippen molar-refractivity contribution in [2.24, 2.45) is 11.8 Å². The Morgan fingerprint density at radius 1 is 1.28 bits per heavy atom. The third-order valence-electron chi connectivity index (χ3n) is 4.34. The van der Waals surface area contributed by atoms with Crippen LogP contribution in [0, 0.1) is 30.1 Å². The molecule has 0 saturated heterocycles. The van der Waals surface area contributed by atoms with Crippen LogP contribution in [0.25, 0.3) is 0 Å². The first-order valence-corrected chi connectivity index (χ1v) is 6.89. The van der Waals surface area contributed by atoms with Gasteiger partial charge < -0.3 is 5.32 Å². The average molecular weight is 242 g/mol. The Labute approximate surface area is 110 Å². The average Bonchev–Trinajstić information content (AvgIpc) is 2.37. The standard InChI is InChI=1S/C16H22N2/c1-11-7-8-16(14(9-11)10-17)18-15-6-4-5-12(2)13(15)3/h7-9,12-13,15,18H,4-6H2,1-3H3. The number of hydrogen-bond donors (Lipinski definition) is 1. The maximum atomic E-state index is 9.20. The van der Waals surface area contributed by atoms with Crippen LogP contribution < -0.4 is 5.32 Å². The summed E-state index contributed by atoms with van der Waals surface area (Å²) < 4.78 is 0. The number of benzene rings is 1. The molecule has 2 rings (SSSR count). The molecule has 1 N–H and O–H groups in total. The fourth-order valence-corrected chi connectivity index (χ4v) is 2.86. The van der Waals surface area contributed by atoms with Crippen LogP contribution in [0.1, 0.15) is 44.2 Å². The van der Waals surface area contributed by atoms with Gasteiger partial charge in [0.1, 0.15) is 6.07 Å². The van der Waals surface area contributed by atoms with Crippen molar-refractivity contribution >= 4 is 5.69 Å². The largest absolute Gasteiger partial charge is 0.381 e. The van der Waals surface area contributed by atoms with Gasteiger partial charge in [-0.05, 0) is 42.9 Å². The second kappa shape index (κ2) is 5.44. The summed E-state index contributed by atoms with van der Waals surface area (Å²) in [5.41, 5.74) is 2.90. The summed E-state index contributed by atoms with van der Waals surface area (Å²) in [4.78, 5) is 0. The molecule has 18 heavy (non-hydrogen) atoms. The lowest BCUT2D eigenvalue weighted by Crippen LogP contribution is -2.35. The lowest BCUT2D eigenvalue weighted by Gasteiger charge is -2.35. The second-order valence-corrected chi connectivity index (χ2v) is 5.68. The highest BCUT2D eigenvalue weighted by atomic mass is 14.9. The molecule has 3 atom stereocenters. The second-order valence-electron chi connectivity index (χ2n) is 5.68. The predicted octanol–water partition coefficient (Wildman–Crippen LogP) is 4.10. The summed E-state index contributed by atoms with van der Waals surface area (Å²) in [5.74, 6) is 1.44. The zero-order chi connectivity index (χ0) is 13.1. The molecule has 1 aliphatic rings. The molecule has 1 aromatic carbocycles. The van der Waals surface area contributed by atoms with Crippen molar-refractivity contribution in [3.8, 4) is 6.07 Å². The Hall–Kier alpha value is -1.49. The molecular formula is C16H22N2. The number of rotatable bonds is 2. The number of aryl methyl sites for hydroxylation is 1. The quantitative estimate of drug-likeness (QED) is 0.847. The Morgan fingerprint density at radius 2 is 2.06 bits per heavy atom. The Kier molecular flexibility index (Phi) is 3.91. The van der Waals surface area contributed by atoms with Crippen molar-refractivity contribution in [2.75, 3.05) is 5.32 Å². The van der Waals surface area contributed by atoms with E-state index < -0.39 is 0 Å². The monoisotopic (exact) mass is 242 g/mol. The summed E-state index contributed by atoms with van der Waals surface area (Å²) in [5, 5.41) is 12.8. The van der Waals surface area contributed by atoms with E-state index in [1.54, 1.807) is 0 Å². The number of nitriles is 1. The number of anilines is 1. The molecule has 0 aliphatic heterocycles. The Morgan fingerprint density at radius 3 is 2.78 bits per heavy atom. The van der Waals surface area contributed by atoms with E-state index in [1.807, 2.05) is 19.1 Å². The molecule has 0 heterocycles. The molecule has 1 aliphatic carbocycles. The highest BCUT2D eigenvalue weighted by molar-refractivity contribution is 5.59. The summed E-state index contributed by atoms with van der Waals surface area (Å²) >= 11 is 0. The number of nitrogens with one attached hydrogen (secondary N) is 1. The summed E-state index contributed by atoms with van der Waals surface area (Å²) in [6, 6.07) is 8.86. The third kappa shape index (κ3) is 2.67. The van der Waals surface area contributed by atoms with Gasteiger partial charge >= 0.3 is 0 Å². The van der Waals surface area contributed by atoms with Crippen molar-refractivity contribution in [3.05, 3.63) is 29.3 Å². The fourth-order valence-electron chi connectivity index (χ4n) is 2.86. The predicted molar refractivity (Wildman–Crippen MR) is 75.5 cm³/mol. The molecule has 3 unspecified atom stereocenters. The van der Waals surface area contributed by atoms with Crippen molar-refractivity contribution in [1.82, 2.24) is 0 Å². The lowest BCUT2D eigenvalue weighted by atomic mass is 9.78. The van der Waals surface area contributed by atoms with E-state index in [9.17, 15) is 5.26 Å². The van der Waals surface area contributed by atoms with Crippen LogP contribution in [0.3, 0.4) is 0 Å². The van der Waals surface area contributed by atoms with Crippen LogP contribution in [0.15, 0.2) is 18.2 Å². The zero-order valence-corrected chi connectivity index (χ0v) is 11.5. The zero-order valence-electron chi connectivity index (χ0n) is 11.5. The Balaban J connectivity index is 2.16. The summed E-state index contributed by atoms with van der Waals surface area (Å²) in [6.07, 6.45) is 3.83. The van der Waals surface area contributed by atoms with Crippen LogP contribution in [0.4, 0.5) is 5.69 Å². The first kappa shape index (κ1) is 13.0. The van der Waals surface area contributed by atoms with Gasteiger partial charge in [0.15, 0.2) is 0 Å². The van der Waals surface area contributed by atoms with E-state index in [-0.39, 0.29) is 0 Å². The van der Waals surface area contributed by atoms with E-state index in [1.165, 1.54) is 19.3 Å². The molecule has 96 valence electrons. The molecule has 0 bridgehead atoms. The molecule has 0 aromatic heterocycles. The molecule has 0 radical (unpaired) electrons. The maximum absolute atomic E-state index is 9.20. The SMILES string of the molecule is Cc1ccc(NC2CCCC(C)C2C)c(C#N)c1. The molecule has 0 amide bonds. The van der Waals surface area contributed by atoms with Gasteiger partial charge in [0.25, 0.3) is 0 Å². The first-order valence-electron chi connectivity index (χ1n) is 6.89. The smallest absolute Gasteiger partial charge is 0.101 e. The van der Waals surface area contributed by atoms with E-state index in [4.69, 9.17) is 0 Å². The van der Waals surface area contributed by atoms with Crippen molar-refractivity contribution < 1.29 is 0 Å². The van der Waals surface area contributed by atoms with Gasteiger partial charge in [-0.2, -0.15) is 5.26 Å². The van der Waals surface area contributed by atoms with E-state index in [0.717, 1.165) is 22.7 Å².